The number of carbonyl (C=O) groups is 2. The molecule has 2 amide bonds. The minimum atomic E-state index is -0.523. The average Bonchev–Trinajstić information content (AvgIpc) is 3.11. The highest BCUT2D eigenvalue weighted by atomic mass is 32.2. The van der Waals surface area contributed by atoms with Crippen molar-refractivity contribution in [2.24, 2.45) is 0 Å². The van der Waals surface area contributed by atoms with E-state index in [9.17, 15) is 14.0 Å². The Kier molecular flexibility index (Phi) is 7.26. The van der Waals surface area contributed by atoms with E-state index in [-0.39, 0.29) is 22.5 Å². The Hall–Kier alpha value is -2.95. The van der Waals surface area contributed by atoms with Gasteiger partial charge in [-0.1, -0.05) is 42.2 Å². The first-order chi connectivity index (χ1) is 16.0. The van der Waals surface area contributed by atoms with Crippen molar-refractivity contribution in [1.82, 2.24) is 4.90 Å². The van der Waals surface area contributed by atoms with Gasteiger partial charge in [0, 0.05) is 13.1 Å². The lowest BCUT2D eigenvalue weighted by Gasteiger charge is -2.26. The van der Waals surface area contributed by atoms with Gasteiger partial charge in [-0.15, -0.1) is 0 Å². The lowest BCUT2D eigenvalue weighted by atomic mass is 10.1. The van der Waals surface area contributed by atoms with Crippen molar-refractivity contribution in [3.63, 3.8) is 0 Å². The predicted octanol–water partition coefficient (Wildman–Crippen LogP) is 3.48. The second kappa shape index (κ2) is 10.3. The fourth-order valence-electron chi connectivity index (χ4n) is 3.40. The third kappa shape index (κ3) is 5.18. The normalized spacial score (nSPS) is 17.6. The fourth-order valence-corrected chi connectivity index (χ4v) is 4.68. The number of benzene rings is 2. The third-order valence-electron chi connectivity index (χ3n) is 5.09. The van der Waals surface area contributed by atoms with E-state index in [0.29, 0.717) is 48.3 Å². The summed E-state index contributed by atoms with van der Waals surface area (Å²) < 4.78 is 30.8. The molecule has 0 bridgehead atoms. The zero-order chi connectivity index (χ0) is 23.4. The van der Waals surface area contributed by atoms with Crippen LogP contribution in [0.25, 0.3) is 6.08 Å². The van der Waals surface area contributed by atoms with Gasteiger partial charge in [0.15, 0.2) is 22.4 Å². The first-order valence-electron chi connectivity index (χ1n) is 10.2. The highest BCUT2D eigenvalue weighted by Crippen LogP contribution is 2.38. The number of thioether (sulfide) groups is 1. The molecule has 2 heterocycles. The minimum Gasteiger partial charge on any atom is -0.493 e. The topological polar surface area (TPSA) is 68.3 Å². The van der Waals surface area contributed by atoms with E-state index >= 15 is 0 Å². The van der Waals surface area contributed by atoms with E-state index in [2.05, 4.69) is 0 Å². The van der Waals surface area contributed by atoms with Gasteiger partial charge in [0.25, 0.3) is 11.8 Å². The van der Waals surface area contributed by atoms with E-state index in [1.807, 2.05) is 0 Å². The number of hydrogen-bond acceptors (Lipinski definition) is 7. The van der Waals surface area contributed by atoms with Gasteiger partial charge in [0.2, 0.25) is 0 Å². The smallest absolute Gasteiger partial charge is 0.270 e. The lowest BCUT2D eigenvalue weighted by molar-refractivity contribution is -0.137. The van der Waals surface area contributed by atoms with Crippen LogP contribution in [0.3, 0.4) is 0 Å². The summed E-state index contributed by atoms with van der Waals surface area (Å²) in [5.74, 6) is -0.213. The summed E-state index contributed by atoms with van der Waals surface area (Å²) in [5, 5.41) is 0. The van der Waals surface area contributed by atoms with Crippen molar-refractivity contribution in [1.29, 1.82) is 0 Å². The molecule has 2 fully saturated rings. The molecule has 0 radical (unpaired) electrons. The largest absolute Gasteiger partial charge is 0.493 e. The maximum atomic E-state index is 14.2. The van der Waals surface area contributed by atoms with Crippen LogP contribution in [-0.4, -0.2) is 61.1 Å². The van der Waals surface area contributed by atoms with Crippen LogP contribution in [0.5, 0.6) is 11.5 Å². The van der Waals surface area contributed by atoms with E-state index in [0.717, 1.165) is 11.8 Å². The molecule has 0 aromatic heterocycles. The number of ether oxygens (including phenoxy) is 3. The van der Waals surface area contributed by atoms with Gasteiger partial charge in [0.05, 0.1) is 30.9 Å². The summed E-state index contributed by atoms with van der Waals surface area (Å²) in [6, 6.07) is 11.1. The van der Waals surface area contributed by atoms with Gasteiger partial charge in [-0.3, -0.25) is 14.5 Å². The summed E-state index contributed by atoms with van der Waals surface area (Å²) in [5.41, 5.74) is 0.794. The molecule has 2 aromatic carbocycles. The van der Waals surface area contributed by atoms with E-state index in [4.69, 9.17) is 26.4 Å². The summed E-state index contributed by atoms with van der Waals surface area (Å²) in [6.07, 6.45) is 1.66. The van der Waals surface area contributed by atoms with Gasteiger partial charge in [-0.2, -0.15) is 0 Å². The highest BCUT2D eigenvalue weighted by molar-refractivity contribution is 8.27. The van der Waals surface area contributed by atoms with Crippen LogP contribution in [0.2, 0.25) is 0 Å². The van der Waals surface area contributed by atoms with Crippen LogP contribution in [0, 0.1) is 5.82 Å². The van der Waals surface area contributed by atoms with E-state index < -0.39 is 11.7 Å². The first-order valence-corrected chi connectivity index (χ1v) is 11.4. The van der Waals surface area contributed by atoms with Crippen molar-refractivity contribution < 1.29 is 28.2 Å². The predicted molar refractivity (Wildman–Crippen MR) is 128 cm³/mol. The van der Waals surface area contributed by atoms with Crippen molar-refractivity contribution in [2.45, 2.75) is 0 Å². The van der Waals surface area contributed by atoms with Crippen molar-refractivity contribution >= 4 is 51.9 Å². The molecule has 10 heteroatoms. The summed E-state index contributed by atoms with van der Waals surface area (Å²) in [6.45, 7) is 2.02. The summed E-state index contributed by atoms with van der Waals surface area (Å²) in [7, 11) is 1.49. The molecule has 0 spiro atoms. The molecule has 2 aliphatic heterocycles. The number of rotatable bonds is 6. The molecule has 172 valence electrons. The molecule has 7 nitrogen and oxygen atoms in total. The molecular weight excluding hydrogens is 467 g/mol. The lowest BCUT2D eigenvalue weighted by Crippen LogP contribution is -2.43. The van der Waals surface area contributed by atoms with Gasteiger partial charge in [-0.25, -0.2) is 4.39 Å². The molecule has 2 saturated heterocycles. The Morgan fingerprint density at radius 3 is 2.70 bits per heavy atom. The maximum Gasteiger partial charge on any atom is 0.270 e. The molecular formula is C23H21FN2O5S2. The Morgan fingerprint density at radius 2 is 1.97 bits per heavy atom. The molecule has 0 N–H and O–H groups in total. The van der Waals surface area contributed by atoms with Crippen LogP contribution in [0.15, 0.2) is 47.4 Å². The average molecular weight is 489 g/mol. The van der Waals surface area contributed by atoms with Crippen molar-refractivity contribution in [3.05, 3.63) is 58.8 Å². The zero-order valence-electron chi connectivity index (χ0n) is 17.8. The van der Waals surface area contributed by atoms with E-state index in [1.165, 1.54) is 24.1 Å². The number of amides is 2. The number of methoxy groups -OCH3 is 1. The van der Waals surface area contributed by atoms with Crippen LogP contribution in [0.1, 0.15) is 5.56 Å². The Bertz CT molecular complexity index is 1120. The fraction of sp³-hybridized carbons (Fsp3) is 0.261. The number of morpholine rings is 1. The standard InChI is InChI=1S/C23H21FN2O5S2/c1-29-19-12-15(6-7-18(19)31-14-21(27)25-8-10-30-11-9-25)13-20-22(28)26(23(32)33-20)17-5-3-2-4-16(17)24/h2-7,12-13H,8-11,14H2,1H3/b20-13+. The highest BCUT2D eigenvalue weighted by Gasteiger charge is 2.34. The Morgan fingerprint density at radius 1 is 1.21 bits per heavy atom. The Labute approximate surface area is 200 Å². The monoisotopic (exact) mass is 488 g/mol. The molecule has 0 aliphatic carbocycles. The number of nitrogens with zero attached hydrogens (tertiary/aromatic N) is 2. The quantitative estimate of drug-likeness (QED) is 0.456. The number of halogens is 1. The SMILES string of the molecule is COc1cc(/C=C2/SC(=S)N(c3ccccc3F)C2=O)ccc1OCC(=O)N1CCOCC1. The summed E-state index contributed by atoms with van der Waals surface area (Å²) in [4.78, 5) is 28.5. The Balaban J connectivity index is 1.48. The number of carbonyl (C=O) groups excluding carboxylic acids is 2. The molecule has 33 heavy (non-hydrogen) atoms. The van der Waals surface area contributed by atoms with Gasteiger partial charge in [0.1, 0.15) is 5.82 Å². The number of thiocarbonyl (C=S) groups is 1. The number of anilines is 1. The second-order valence-corrected chi connectivity index (χ2v) is 8.84. The molecule has 4 rings (SSSR count). The zero-order valence-corrected chi connectivity index (χ0v) is 19.4. The van der Waals surface area contributed by atoms with Crippen LogP contribution in [-0.2, 0) is 14.3 Å². The molecule has 0 atom stereocenters. The van der Waals surface area contributed by atoms with Crippen LogP contribution >= 0.6 is 24.0 Å². The van der Waals surface area contributed by atoms with E-state index in [1.54, 1.807) is 41.3 Å². The second-order valence-electron chi connectivity index (χ2n) is 7.16. The molecule has 2 aliphatic rings. The molecule has 2 aromatic rings. The van der Waals surface area contributed by atoms with Gasteiger partial charge < -0.3 is 19.1 Å². The number of hydrogen-bond donors (Lipinski definition) is 0. The summed E-state index contributed by atoms with van der Waals surface area (Å²) >= 11 is 6.40. The van der Waals surface area contributed by atoms with Crippen molar-refractivity contribution in [3.8, 4) is 11.5 Å². The van der Waals surface area contributed by atoms with Gasteiger partial charge >= 0.3 is 0 Å². The minimum absolute atomic E-state index is 0.114. The van der Waals surface area contributed by atoms with Crippen LogP contribution < -0.4 is 14.4 Å². The van der Waals surface area contributed by atoms with Crippen LogP contribution in [0.4, 0.5) is 10.1 Å². The number of para-hydroxylation sites is 1. The first kappa shape index (κ1) is 23.2. The molecule has 0 saturated carbocycles. The third-order valence-corrected chi connectivity index (χ3v) is 6.39. The maximum absolute atomic E-state index is 14.2. The van der Waals surface area contributed by atoms with Gasteiger partial charge in [-0.05, 0) is 35.9 Å². The van der Waals surface area contributed by atoms with Crippen molar-refractivity contribution in [2.75, 3.05) is 44.9 Å². The molecule has 0 unspecified atom stereocenters.